The van der Waals surface area contributed by atoms with Gasteiger partial charge >= 0.3 is 123 Å². The molecule has 1 aliphatic heterocycles. The molecule has 7 heteroatoms. The van der Waals surface area contributed by atoms with Gasteiger partial charge in [0.05, 0.1) is 5.52 Å². The van der Waals surface area contributed by atoms with Crippen LogP contribution in [0.1, 0.15) is 62.6 Å². The first-order valence-electron chi connectivity index (χ1n) is 11.9. The Hall–Kier alpha value is -1.12. The SMILES string of the molecule is O=C(CC1=C[I-]C(Br)=C1)NCCCCCCCNc1c2c(nc3cc(Cl)ccc13)CCCC2. The number of pyridine rings is 1. The normalized spacial score (nSPS) is 15.5. The summed E-state index contributed by atoms with van der Waals surface area (Å²) in [6, 6.07) is 6.06. The average molecular weight is 644 g/mol. The summed E-state index contributed by atoms with van der Waals surface area (Å²) in [5.41, 5.74) is 6.09. The number of carbonyl (C=O) groups excluding carboxylic acids is 1. The third kappa shape index (κ3) is 7.18. The van der Waals surface area contributed by atoms with Crippen molar-refractivity contribution in [3.05, 3.63) is 52.7 Å². The van der Waals surface area contributed by atoms with Crippen molar-refractivity contribution in [1.29, 1.82) is 0 Å². The van der Waals surface area contributed by atoms with Crippen LogP contribution < -0.4 is 31.8 Å². The Morgan fingerprint density at radius 3 is 2.70 bits per heavy atom. The van der Waals surface area contributed by atoms with Gasteiger partial charge in [-0.05, 0) is 49.4 Å². The molecule has 1 aliphatic carbocycles. The van der Waals surface area contributed by atoms with Crippen LogP contribution in [-0.2, 0) is 17.6 Å². The number of anilines is 1. The summed E-state index contributed by atoms with van der Waals surface area (Å²) in [5.74, 6) is 0.141. The fourth-order valence-corrected chi connectivity index (χ4v) is 7.20. The molecular formula is C26H31BrClIN3O-. The van der Waals surface area contributed by atoms with Gasteiger partial charge in [-0.15, -0.1) is 0 Å². The van der Waals surface area contributed by atoms with E-state index in [1.807, 2.05) is 12.1 Å². The third-order valence-electron chi connectivity index (χ3n) is 6.16. The van der Waals surface area contributed by atoms with Crippen LogP contribution in [0.4, 0.5) is 5.69 Å². The van der Waals surface area contributed by atoms with E-state index in [0.717, 1.165) is 61.3 Å². The molecule has 2 aromatic rings. The zero-order chi connectivity index (χ0) is 23.0. The summed E-state index contributed by atoms with van der Waals surface area (Å²) in [6.45, 7) is 1.76. The van der Waals surface area contributed by atoms with E-state index in [9.17, 15) is 4.79 Å². The van der Waals surface area contributed by atoms with Gasteiger partial charge in [-0.2, -0.15) is 0 Å². The van der Waals surface area contributed by atoms with Crippen molar-refractivity contribution in [1.82, 2.24) is 10.3 Å². The van der Waals surface area contributed by atoms with Crippen molar-refractivity contribution < 1.29 is 26.0 Å². The minimum absolute atomic E-state index is 0.0268. The molecule has 0 radical (unpaired) electrons. The summed E-state index contributed by atoms with van der Waals surface area (Å²) < 4.78 is 3.48. The van der Waals surface area contributed by atoms with Crippen LogP contribution in [0.5, 0.6) is 0 Å². The number of hydrogen-bond donors (Lipinski definition) is 2. The molecule has 0 saturated heterocycles. The Bertz CT molecular complexity index is 1070. The van der Waals surface area contributed by atoms with Crippen LogP contribution in [0.2, 0.25) is 5.02 Å². The van der Waals surface area contributed by atoms with Gasteiger partial charge in [-0.3, -0.25) is 4.98 Å². The zero-order valence-electron chi connectivity index (χ0n) is 18.9. The van der Waals surface area contributed by atoms with Crippen molar-refractivity contribution in [2.24, 2.45) is 0 Å². The minimum Gasteiger partial charge on any atom is -0.384 e. The van der Waals surface area contributed by atoms with E-state index in [1.165, 1.54) is 50.5 Å². The topological polar surface area (TPSA) is 54.0 Å². The number of allylic oxidation sites excluding steroid dienone is 1. The summed E-state index contributed by atoms with van der Waals surface area (Å²) in [6.07, 6.45) is 13.0. The molecule has 33 heavy (non-hydrogen) atoms. The molecule has 1 aromatic carbocycles. The fraction of sp³-hybridized carbons (Fsp3) is 0.462. The first kappa shape index (κ1) is 25.0. The molecule has 4 nitrogen and oxygen atoms in total. The summed E-state index contributed by atoms with van der Waals surface area (Å²) in [5, 5.41) is 8.73. The van der Waals surface area contributed by atoms with E-state index in [1.54, 1.807) is 0 Å². The molecule has 0 fully saturated rings. The van der Waals surface area contributed by atoms with Gasteiger partial charge in [-0.1, -0.05) is 11.6 Å². The van der Waals surface area contributed by atoms with E-state index < -0.39 is 0 Å². The molecule has 2 aliphatic rings. The molecular weight excluding hydrogens is 613 g/mol. The molecule has 2 N–H and O–H groups in total. The van der Waals surface area contributed by atoms with Crippen LogP contribution in [0, 0.1) is 0 Å². The number of unbranched alkanes of at least 4 members (excludes halogenated alkanes) is 4. The van der Waals surface area contributed by atoms with Crippen molar-refractivity contribution >= 4 is 50.0 Å². The first-order valence-corrected chi connectivity index (χ1v) is 15.4. The number of amides is 1. The molecule has 0 saturated carbocycles. The zero-order valence-corrected chi connectivity index (χ0v) is 23.4. The number of rotatable bonds is 11. The van der Waals surface area contributed by atoms with E-state index in [4.69, 9.17) is 16.6 Å². The number of hydrogen-bond acceptors (Lipinski definition) is 3. The van der Waals surface area contributed by atoms with Gasteiger partial charge in [-0.25, -0.2) is 0 Å². The summed E-state index contributed by atoms with van der Waals surface area (Å²) in [4.78, 5) is 16.9. The first-order chi connectivity index (χ1) is 16.1. The van der Waals surface area contributed by atoms with Crippen LogP contribution in [0.15, 0.2) is 36.4 Å². The third-order valence-corrected chi connectivity index (χ3v) is 9.80. The van der Waals surface area contributed by atoms with E-state index in [2.05, 4.69) is 42.8 Å². The number of aromatic nitrogens is 1. The second kappa shape index (κ2) is 12.5. The number of aryl methyl sites for hydroxylation is 1. The van der Waals surface area contributed by atoms with Gasteiger partial charge in [0.2, 0.25) is 0 Å². The summed E-state index contributed by atoms with van der Waals surface area (Å²) in [7, 11) is 0. The van der Waals surface area contributed by atoms with Crippen molar-refractivity contribution in [3.63, 3.8) is 0 Å². The number of nitrogens with zero attached hydrogens (tertiary/aromatic N) is 1. The molecule has 0 bridgehead atoms. The maximum atomic E-state index is 12.0. The smallest absolute Gasteiger partial charge is 0.384 e. The second-order valence-corrected chi connectivity index (χ2v) is 13.9. The molecule has 2 heterocycles. The predicted octanol–water partition coefficient (Wildman–Crippen LogP) is 3.86. The van der Waals surface area contributed by atoms with Crippen LogP contribution >= 0.6 is 27.5 Å². The Balaban J connectivity index is 1.15. The second-order valence-electron chi connectivity index (χ2n) is 8.73. The van der Waals surface area contributed by atoms with Crippen LogP contribution in [0.25, 0.3) is 10.9 Å². The molecule has 0 atom stereocenters. The molecule has 1 aromatic heterocycles. The van der Waals surface area contributed by atoms with Gasteiger partial charge < -0.3 is 5.32 Å². The molecule has 0 spiro atoms. The number of nitrogens with one attached hydrogen (secondary N) is 2. The van der Waals surface area contributed by atoms with Gasteiger partial charge in [0.15, 0.2) is 0 Å². The maximum absolute atomic E-state index is 12.0. The number of halogens is 3. The minimum atomic E-state index is -0.0268. The fourth-order valence-electron chi connectivity index (χ4n) is 4.49. The number of fused-ring (bicyclic) bond motifs is 2. The van der Waals surface area contributed by atoms with Crippen LogP contribution in [0.3, 0.4) is 0 Å². The molecule has 4 rings (SSSR count). The van der Waals surface area contributed by atoms with E-state index >= 15 is 0 Å². The van der Waals surface area contributed by atoms with Crippen molar-refractivity contribution in [2.75, 3.05) is 18.4 Å². The average Bonchev–Trinajstić information content (AvgIpc) is 3.21. The monoisotopic (exact) mass is 642 g/mol. The Labute approximate surface area is 220 Å². The quantitative estimate of drug-likeness (QED) is 0.289. The molecule has 178 valence electrons. The van der Waals surface area contributed by atoms with Gasteiger partial charge in [0.25, 0.3) is 0 Å². The Morgan fingerprint density at radius 2 is 1.88 bits per heavy atom. The number of carbonyl (C=O) groups is 1. The van der Waals surface area contributed by atoms with E-state index in [-0.39, 0.29) is 27.1 Å². The van der Waals surface area contributed by atoms with Crippen molar-refractivity contribution in [2.45, 2.75) is 64.2 Å². The Morgan fingerprint density at radius 1 is 1.09 bits per heavy atom. The van der Waals surface area contributed by atoms with Gasteiger partial charge in [0.1, 0.15) is 0 Å². The van der Waals surface area contributed by atoms with E-state index in [0.29, 0.717) is 6.42 Å². The van der Waals surface area contributed by atoms with Crippen LogP contribution in [-0.4, -0.2) is 24.0 Å². The molecule has 0 unspecified atom stereocenters. The summed E-state index contributed by atoms with van der Waals surface area (Å²) >= 11 is 9.72. The Kier molecular flexibility index (Phi) is 9.50. The number of benzene rings is 1. The predicted molar refractivity (Wildman–Crippen MR) is 138 cm³/mol. The standard InChI is InChI=1S/C26H31BrClIN3O/c27-24-14-18(17-29-24)15-25(33)30-12-6-2-1-3-7-13-31-26-20-8-4-5-9-22(20)32-23-16-19(28)10-11-21(23)26/h10-11,14,16-17H,1-9,12-13,15H2,(H,30,33)(H,31,32)/q-1. The molecule has 1 amide bonds. The van der Waals surface area contributed by atoms with Crippen molar-refractivity contribution in [3.8, 4) is 0 Å². The van der Waals surface area contributed by atoms with Gasteiger partial charge in [0, 0.05) is 21.8 Å².